The fraction of sp³-hybridized carbons (Fsp3) is 0.353. The average molecular weight is 521 g/mol. The normalized spacial score (nSPS) is 15.7. The van der Waals surface area contributed by atoms with Gasteiger partial charge in [0.05, 0.1) is 0 Å². The minimum atomic E-state index is -0.907. The van der Waals surface area contributed by atoms with Crippen LogP contribution in [0.3, 0.4) is 0 Å². The third kappa shape index (κ3) is 6.28. The Morgan fingerprint density at radius 1 is 0.711 bits per heavy atom. The second-order valence-corrected chi connectivity index (χ2v) is 10.2. The Labute approximate surface area is 224 Å². The van der Waals surface area contributed by atoms with Crippen LogP contribution >= 0.6 is 0 Å². The number of rotatable bonds is 10. The highest BCUT2D eigenvalue weighted by Gasteiger charge is 2.21. The van der Waals surface area contributed by atoms with Crippen LogP contribution in [0.5, 0.6) is 0 Å². The van der Waals surface area contributed by atoms with Crippen molar-refractivity contribution in [3.63, 3.8) is 0 Å². The molecule has 0 aromatic heterocycles. The van der Waals surface area contributed by atoms with Gasteiger partial charge in [-0.15, -0.1) is 0 Å². The van der Waals surface area contributed by atoms with E-state index in [4.69, 9.17) is 0 Å². The van der Waals surface area contributed by atoms with Crippen molar-refractivity contribution in [2.75, 3.05) is 0 Å². The molecule has 4 heteroatoms. The lowest BCUT2D eigenvalue weighted by Crippen LogP contribution is -2.07. The predicted molar refractivity (Wildman–Crippen MR) is 150 cm³/mol. The number of allylic oxidation sites excluding steroid dienone is 4. The molecule has 0 bridgehead atoms. The second-order valence-electron chi connectivity index (χ2n) is 10.2. The Morgan fingerprint density at radius 3 is 1.92 bits per heavy atom. The van der Waals surface area contributed by atoms with Crippen molar-refractivity contribution in [1.29, 1.82) is 0 Å². The SMILES string of the molecule is CCC=CCc1ccc(-c2ccc(-c3ccc(C4=CCC(CCCCC)CC4)c(F)c3F)cc2)c(F)c1F. The molecule has 3 aromatic rings. The first kappa shape index (κ1) is 27.9. The van der Waals surface area contributed by atoms with Gasteiger partial charge < -0.3 is 0 Å². The molecule has 1 aliphatic rings. The van der Waals surface area contributed by atoms with Gasteiger partial charge in [0.15, 0.2) is 23.3 Å². The van der Waals surface area contributed by atoms with Crippen LogP contribution in [0.15, 0.2) is 66.8 Å². The van der Waals surface area contributed by atoms with E-state index in [1.165, 1.54) is 25.7 Å². The van der Waals surface area contributed by atoms with Crippen molar-refractivity contribution in [2.24, 2.45) is 5.92 Å². The molecule has 0 radical (unpaired) electrons. The molecule has 0 heterocycles. The lowest BCUT2D eigenvalue weighted by atomic mass is 9.83. The Hall–Kier alpha value is -3.14. The summed E-state index contributed by atoms with van der Waals surface area (Å²) in [5.41, 5.74) is 2.74. The van der Waals surface area contributed by atoms with Crippen molar-refractivity contribution in [2.45, 2.75) is 71.6 Å². The van der Waals surface area contributed by atoms with E-state index in [9.17, 15) is 8.78 Å². The highest BCUT2D eigenvalue weighted by Crippen LogP contribution is 2.37. The van der Waals surface area contributed by atoms with Crippen LogP contribution in [-0.2, 0) is 6.42 Å². The van der Waals surface area contributed by atoms with E-state index in [0.29, 0.717) is 34.6 Å². The summed E-state index contributed by atoms with van der Waals surface area (Å²) in [4.78, 5) is 0. The smallest absolute Gasteiger partial charge is 0.167 e. The molecule has 1 unspecified atom stereocenters. The molecule has 0 N–H and O–H groups in total. The number of halogens is 4. The predicted octanol–water partition coefficient (Wildman–Crippen LogP) is 10.8. The molecule has 0 aliphatic heterocycles. The standard InChI is InChI=1S/C34H36F4/c1-3-5-7-9-23-11-13-24(14-12-23)29-21-22-30(34(38)33(29)37)26-17-15-25(16-18-26)28-20-19-27(10-8-6-4-2)31(35)32(28)36/h6,8,13,15-23H,3-5,7,9-12,14H2,1-2H3. The highest BCUT2D eigenvalue weighted by molar-refractivity contribution is 5.74. The van der Waals surface area contributed by atoms with E-state index < -0.39 is 23.3 Å². The van der Waals surface area contributed by atoms with Crippen molar-refractivity contribution < 1.29 is 17.6 Å². The third-order valence-corrected chi connectivity index (χ3v) is 7.57. The maximum absolute atomic E-state index is 15.2. The molecule has 0 amide bonds. The topological polar surface area (TPSA) is 0 Å². The lowest BCUT2D eigenvalue weighted by molar-refractivity contribution is 0.427. The van der Waals surface area contributed by atoms with E-state index >= 15 is 8.78 Å². The van der Waals surface area contributed by atoms with E-state index in [-0.39, 0.29) is 11.1 Å². The summed E-state index contributed by atoms with van der Waals surface area (Å²) in [5.74, 6) is -2.86. The Morgan fingerprint density at radius 2 is 1.32 bits per heavy atom. The summed E-state index contributed by atoms with van der Waals surface area (Å²) in [6, 6.07) is 12.9. The number of unbranched alkanes of at least 4 members (excludes halogenated alkanes) is 2. The third-order valence-electron chi connectivity index (χ3n) is 7.57. The van der Waals surface area contributed by atoms with Crippen molar-refractivity contribution in [3.8, 4) is 22.3 Å². The van der Waals surface area contributed by atoms with Gasteiger partial charge in [0.25, 0.3) is 0 Å². The van der Waals surface area contributed by atoms with Crippen molar-refractivity contribution in [3.05, 3.63) is 101 Å². The van der Waals surface area contributed by atoms with Crippen molar-refractivity contribution in [1.82, 2.24) is 0 Å². The zero-order chi connectivity index (χ0) is 27.1. The quantitative estimate of drug-likeness (QED) is 0.142. The minimum Gasteiger partial charge on any atom is -0.203 e. The van der Waals surface area contributed by atoms with E-state index in [1.54, 1.807) is 48.5 Å². The molecular formula is C34H36F4. The second kappa shape index (κ2) is 13.1. The Bertz CT molecular complexity index is 1300. The first-order chi connectivity index (χ1) is 18.4. The average Bonchev–Trinajstić information content (AvgIpc) is 2.94. The van der Waals surface area contributed by atoms with Gasteiger partial charge >= 0.3 is 0 Å². The van der Waals surface area contributed by atoms with Crippen LogP contribution in [-0.4, -0.2) is 0 Å². The zero-order valence-electron chi connectivity index (χ0n) is 22.3. The number of hydrogen-bond acceptors (Lipinski definition) is 0. The first-order valence-corrected chi connectivity index (χ1v) is 13.8. The number of benzene rings is 3. The van der Waals surface area contributed by atoms with Crippen LogP contribution in [0, 0.1) is 29.2 Å². The van der Waals surface area contributed by atoms with Crippen LogP contribution in [0.4, 0.5) is 17.6 Å². The van der Waals surface area contributed by atoms with Gasteiger partial charge in [-0.2, -0.15) is 0 Å². The molecule has 0 nitrogen and oxygen atoms in total. The molecule has 0 saturated heterocycles. The minimum absolute atomic E-state index is 0.136. The van der Waals surface area contributed by atoms with E-state index in [1.807, 2.05) is 19.1 Å². The molecule has 0 saturated carbocycles. The fourth-order valence-electron chi connectivity index (χ4n) is 5.28. The van der Waals surface area contributed by atoms with Gasteiger partial charge in [0.2, 0.25) is 0 Å². The fourth-order valence-corrected chi connectivity index (χ4v) is 5.28. The summed E-state index contributed by atoms with van der Waals surface area (Å²) in [7, 11) is 0. The molecule has 1 atom stereocenters. The van der Waals surface area contributed by atoms with Crippen LogP contribution in [0.1, 0.15) is 76.3 Å². The molecular weight excluding hydrogens is 484 g/mol. The van der Waals surface area contributed by atoms with Gasteiger partial charge in [-0.25, -0.2) is 17.6 Å². The van der Waals surface area contributed by atoms with E-state index in [2.05, 4.69) is 13.0 Å². The highest BCUT2D eigenvalue weighted by atomic mass is 19.2. The summed E-state index contributed by atoms with van der Waals surface area (Å²) in [6.07, 6.45) is 14.5. The Balaban J connectivity index is 1.51. The van der Waals surface area contributed by atoms with Crippen LogP contribution in [0.25, 0.3) is 27.8 Å². The van der Waals surface area contributed by atoms with Gasteiger partial charge in [-0.3, -0.25) is 0 Å². The lowest BCUT2D eigenvalue weighted by Gasteiger charge is -2.22. The summed E-state index contributed by atoms with van der Waals surface area (Å²) >= 11 is 0. The van der Waals surface area contributed by atoms with E-state index in [0.717, 1.165) is 31.3 Å². The molecule has 3 aromatic carbocycles. The molecule has 0 fully saturated rings. The Kier molecular flexibility index (Phi) is 9.60. The largest absolute Gasteiger partial charge is 0.203 e. The summed E-state index contributed by atoms with van der Waals surface area (Å²) in [5, 5.41) is 0. The summed E-state index contributed by atoms with van der Waals surface area (Å²) in [6.45, 7) is 4.17. The molecule has 1 aliphatic carbocycles. The molecule has 38 heavy (non-hydrogen) atoms. The molecule has 200 valence electrons. The van der Waals surface area contributed by atoms with Crippen LogP contribution in [0.2, 0.25) is 0 Å². The van der Waals surface area contributed by atoms with Crippen molar-refractivity contribution >= 4 is 5.57 Å². The summed E-state index contributed by atoms with van der Waals surface area (Å²) < 4.78 is 59.7. The maximum Gasteiger partial charge on any atom is 0.167 e. The molecule has 4 rings (SSSR count). The van der Waals surface area contributed by atoms with Gasteiger partial charge in [-0.05, 0) is 60.3 Å². The van der Waals surface area contributed by atoms with Gasteiger partial charge in [-0.1, -0.05) is 106 Å². The first-order valence-electron chi connectivity index (χ1n) is 13.8. The molecule has 0 spiro atoms. The van der Waals surface area contributed by atoms with Gasteiger partial charge in [0.1, 0.15) is 0 Å². The van der Waals surface area contributed by atoms with Crippen LogP contribution < -0.4 is 0 Å². The van der Waals surface area contributed by atoms with Gasteiger partial charge in [0, 0.05) is 16.7 Å². The zero-order valence-corrected chi connectivity index (χ0v) is 22.3. The number of hydrogen-bond donors (Lipinski definition) is 0. The maximum atomic E-state index is 15.2. The monoisotopic (exact) mass is 520 g/mol.